The van der Waals surface area contributed by atoms with Crippen LogP contribution in [0.25, 0.3) is 0 Å². The lowest BCUT2D eigenvalue weighted by atomic mass is 10.0. The minimum Gasteiger partial charge on any atom is -0.460 e. The molecule has 0 fully saturated rings. The summed E-state index contributed by atoms with van der Waals surface area (Å²) in [5, 5.41) is 0. The largest absolute Gasteiger partial charge is 0.460 e. The van der Waals surface area contributed by atoms with E-state index in [0.717, 1.165) is 51.2 Å². The second-order valence-electron chi connectivity index (χ2n) is 11.6. The Labute approximate surface area is 272 Å². The molecule has 3 aliphatic rings. The van der Waals surface area contributed by atoms with Crippen molar-refractivity contribution in [3.8, 4) is 0 Å². The number of hydrogen-bond donors (Lipinski definition) is 0. The Bertz CT molecular complexity index is 1120. The SMILES string of the molecule is CC(C)(C)OC(=O)CCOCCOCCOCCOCCOC(CN1C(=O)C=CC1=O)(CN1C(=O)C=CC1=O)CN1C(=O)C=CC1=O. The second kappa shape index (κ2) is 17.7. The maximum Gasteiger partial charge on any atom is 0.308 e. The average Bonchev–Trinajstić information content (AvgIpc) is 3.61. The molecule has 0 N–H and O–H groups in total. The van der Waals surface area contributed by atoms with Gasteiger partial charge in [0.1, 0.15) is 11.2 Å². The lowest BCUT2D eigenvalue weighted by molar-refractivity contribution is -0.159. The molecule has 0 saturated carbocycles. The molecule has 0 atom stereocenters. The summed E-state index contributed by atoms with van der Waals surface area (Å²) in [5.74, 6) is -4.24. The zero-order valence-corrected chi connectivity index (χ0v) is 26.8. The van der Waals surface area contributed by atoms with Gasteiger partial charge in [-0.05, 0) is 20.8 Å². The van der Waals surface area contributed by atoms with E-state index in [1.165, 1.54) is 0 Å². The first kappa shape index (κ1) is 37.4. The zero-order chi connectivity index (χ0) is 34.5. The molecule has 16 heteroatoms. The highest BCUT2D eigenvalue weighted by Crippen LogP contribution is 2.24. The monoisotopic (exact) mass is 663 g/mol. The van der Waals surface area contributed by atoms with Gasteiger partial charge in [-0.3, -0.25) is 48.3 Å². The van der Waals surface area contributed by atoms with Gasteiger partial charge in [0.2, 0.25) is 0 Å². The molecule has 258 valence electrons. The highest BCUT2D eigenvalue weighted by atomic mass is 16.6. The molecule has 0 radical (unpaired) electrons. The molecule has 3 heterocycles. The lowest BCUT2D eigenvalue weighted by Crippen LogP contribution is -2.61. The third-order valence-corrected chi connectivity index (χ3v) is 6.66. The van der Waals surface area contributed by atoms with Crippen LogP contribution in [0.5, 0.6) is 0 Å². The van der Waals surface area contributed by atoms with Gasteiger partial charge in [-0.15, -0.1) is 0 Å². The van der Waals surface area contributed by atoms with Gasteiger partial charge >= 0.3 is 5.97 Å². The topological polar surface area (TPSA) is 185 Å². The van der Waals surface area contributed by atoms with Crippen LogP contribution >= 0.6 is 0 Å². The maximum absolute atomic E-state index is 12.4. The summed E-state index contributed by atoms with van der Waals surface area (Å²) in [6.45, 7) is 5.79. The van der Waals surface area contributed by atoms with E-state index in [0.29, 0.717) is 26.4 Å². The standard InChI is InChI=1S/C31H41N3O13/c1-30(2,3)47-29(41)10-11-42-12-13-43-14-15-44-16-17-45-18-19-46-31(20-32-23(35)4-5-24(32)36,21-33-25(37)6-7-26(33)38)22-34-27(39)8-9-28(34)40/h4-9H,10-22H2,1-3H3. The number of imide groups is 3. The molecule has 3 rings (SSSR count). The molecular formula is C31H41N3O13. The summed E-state index contributed by atoms with van der Waals surface area (Å²) in [6, 6.07) is 0. The number of rotatable bonds is 22. The van der Waals surface area contributed by atoms with Crippen LogP contribution in [0.3, 0.4) is 0 Å². The predicted molar refractivity (Wildman–Crippen MR) is 160 cm³/mol. The minimum atomic E-state index is -1.72. The Balaban J connectivity index is 1.41. The van der Waals surface area contributed by atoms with Gasteiger partial charge in [0.15, 0.2) is 0 Å². The fraction of sp³-hybridized carbons (Fsp3) is 0.581. The molecule has 0 saturated heterocycles. The third kappa shape index (κ3) is 12.2. The Hall–Kier alpha value is -4.09. The fourth-order valence-electron chi connectivity index (χ4n) is 4.54. The molecule has 0 unspecified atom stereocenters. The first-order valence-corrected chi connectivity index (χ1v) is 15.1. The first-order valence-electron chi connectivity index (χ1n) is 15.1. The van der Waals surface area contributed by atoms with Crippen LogP contribution in [0.1, 0.15) is 27.2 Å². The van der Waals surface area contributed by atoms with Crippen molar-refractivity contribution in [2.24, 2.45) is 0 Å². The van der Waals surface area contributed by atoms with Gasteiger partial charge in [-0.1, -0.05) is 0 Å². The Morgan fingerprint density at radius 3 is 1.13 bits per heavy atom. The summed E-state index contributed by atoms with van der Waals surface area (Å²) >= 11 is 0. The number of hydrogen-bond acceptors (Lipinski definition) is 13. The lowest BCUT2D eigenvalue weighted by Gasteiger charge is -2.40. The predicted octanol–water partition coefficient (Wildman–Crippen LogP) is -0.685. The van der Waals surface area contributed by atoms with Crippen molar-refractivity contribution in [2.75, 3.05) is 79.1 Å². The maximum atomic E-state index is 12.4. The number of amides is 6. The second-order valence-corrected chi connectivity index (χ2v) is 11.6. The van der Waals surface area contributed by atoms with Gasteiger partial charge in [0.25, 0.3) is 35.4 Å². The molecule has 16 nitrogen and oxygen atoms in total. The van der Waals surface area contributed by atoms with E-state index in [4.69, 9.17) is 28.4 Å². The van der Waals surface area contributed by atoms with Gasteiger partial charge in [-0.2, -0.15) is 0 Å². The molecule has 0 aromatic carbocycles. The van der Waals surface area contributed by atoms with Crippen molar-refractivity contribution < 1.29 is 62.0 Å². The third-order valence-electron chi connectivity index (χ3n) is 6.66. The number of ether oxygens (including phenoxy) is 6. The molecule has 0 bridgehead atoms. The Morgan fingerprint density at radius 1 is 0.511 bits per heavy atom. The van der Waals surface area contributed by atoms with E-state index in [1.54, 1.807) is 20.8 Å². The number of carbonyl (C=O) groups is 7. The Morgan fingerprint density at radius 2 is 0.809 bits per heavy atom. The zero-order valence-electron chi connectivity index (χ0n) is 26.8. The van der Waals surface area contributed by atoms with E-state index in [2.05, 4.69) is 0 Å². The molecule has 3 aliphatic heterocycles. The van der Waals surface area contributed by atoms with Crippen molar-refractivity contribution in [1.82, 2.24) is 14.7 Å². The highest BCUT2D eigenvalue weighted by Gasteiger charge is 2.45. The van der Waals surface area contributed by atoms with Crippen LogP contribution in [0.4, 0.5) is 0 Å². The molecule has 6 amide bonds. The normalized spacial score (nSPS) is 16.6. The molecule has 0 spiro atoms. The van der Waals surface area contributed by atoms with Crippen molar-refractivity contribution in [3.05, 3.63) is 36.5 Å². The van der Waals surface area contributed by atoms with Crippen LogP contribution in [0.15, 0.2) is 36.5 Å². The molecule has 0 aliphatic carbocycles. The Kier molecular flexibility index (Phi) is 14.1. The minimum absolute atomic E-state index is 0.00265. The van der Waals surface area contributed by atoms with Gasteiger partial charge < -0.3 is 28.4 Å². The van der Waals surface area contributed by atoms with Crippen LogP contribution in [0.2, 0.25) is 0 Å². The average molecular weight is 664 g/mol. The molecule has 0 aromatic heterocycles. The number of nitrogens with zero attached hydrogens (tertiary/aromatic N) is 3. The molecule has 0 aromatic rings. The number of esters is 1. The van der Waals surface area contributed by atoms with Gasteiger partial charge in [0.05, 0.1) is 85.5 Å². The van der Waals surface area contributed by atoms with Crippen LogP contribution < -0.4 is 0 Å². The van der Waals surface area contributed by atoms with E-state index >= 15 is 0 Å². The van der Waals surface area contributed by atoms with Crippen molar-refractivity contribution in [1.29, 1.82) is 0 Å². The van der Waals surface area contributed by atoms with Crippen LogP contribution in [0, 0.1) is 0 Å². The van der Waals surface area contributed by atoms with Gasteiger partial charge in [-0.25, -0.2) is 0 Å². The first-order chi connectivity index (χ1) is 22.3. The van der Waals surface area contributed by atoms with Crippen LogP contribution in [-0.2, 0) is 62.0 Å². The summed E-state index contributed by atoms with van der Waals surface area (Å²) in [5.41, 5.74) is -2.25. The van der Waals surface area contributed by atoms with Crippen LogP contribution in [-0.4, -0.2) is 146 Å². The summed E-state index contributed by atoms with van der Waals surface area (Å²) in [6.07, 6.45) is 6.53. The van der Waals surface area contributed by atoms with Gasteiger partial charge in [0, 0.05) is 36.5 Å². The molecule has 47 heavy (non-hydrogen) atoms. The van der Waals surface area contributed by atoms with E-state index in [9.17, 15) is 33.6 Å². The van der Waals surface area contributed by atoms with E-state index in [1.807, 2.05) is 0 Å². The van der Waals surface area contributed by atoms with E-state index < -0.39 is 66.3 Å². The van der Waals surface area contributed by atoms with Crippen molar-refractivity contribution in [3.63, 3.8) is 0 Å². The fourth-order valence-corrected chi connectivity index (χ4v) is 4.54. The summed E-state index contributed by atoms with van der Waals surface area (Å²) in [7, 11) is 0. The van der Waals surface area contributed by atoms with Crippen molar-refractivity contribution in [2.45, 2.75) is 38.4 Å². The van der Waals surface area contributed by atoms with E-state index in [-0.39, 0.29) is 45.4 Å². The van der Waals surface area contributed by atoms with Crippen molar-refractivity contribution >= 4 is 41.4 Å². The number of carbonyl (C=O) groups excluding carboxylic acids is 7. The smallest absolute Gasteiger partial charge is 0.308 e. The highest BCUT2D eigenvalue weighted by molar-refractivity contribution is 6.14. The summed E-state index contributed by atoms with van der Waals surface area (Å²) < 4.78 is 33.1. The molecular weight excluding hydrogens is 622 g/mol. The quantitative estimate of drug-likeness (QED) is 0.0807. The summed E-state index contributed by atoms with van der Waals surface area (Å²) in [4.78, 5) is 88.8.